The maximum Gasteiger partial charge on any atom is 0.127 e. The van der Waals surface area contributed by atoms with E-state index in [1.807, 2.05) is 0 Å². The quantitative estimate of drug-likeness (QED) is 0.351. The second-order valence-electron chi connectivity index (χ2n) is 10.3. The third kappa shape index (κ3) is 5.33. The van der Waals surface area contributed by atoms with E-state index in [1.54, 1.807) is 14.2 Å². The molecule has 0 bridgehead atoms. The van der Waals surface area contributed by atoms with E-state index in [0.29, 0.717) is 29.1 Å². The second kappa shape index (κ2) is 11.1. The van der Waals surface area contributed by atoms with Crippen LogP contribution in [-0.4, -0.2) is 25.5 Å². The Labute approximate surface area is 198 Å². The Morgan fingerprint density at radius 1 is 0.594 bits per heavy atom. The van der Waals surface area contributed by atoms with Crippen molar-refractivity contribution in [1.29, 1.82) is 0 Å². The van der Waals surface area contributed by atoms with Crippen molar-refractivity contribution in [3.05, 3.63) is 41.0 Å². The van der Waals surface area contributed by atoms with Gasteiger partial charge in [0, 0.05) is 10.9 Å². The summed E-state index contributed by atoms with van der Waals surface area (Å²) in [7, 11) is 3.15. The molecule has 0 radical (unpaired) electrons. The van der Waals surface area contributed by atoms with E-state index in [1.165, 1.54) is 33.1 Å². The summed E-state index contributed by atoms with van der Waals surface area (Å²) in [5.74, 6) is 3.26. The topological polar surface area (TPSA) is 18.5 Å². The molecule has 0 aliphatic rings. The summed E-state index contributed by atoms with van der Waals surface area (Å²) >= 11 is 0. The van der Waals surface area contributed by atoms with Crippen molar-refractivity contribution in [3.63, 3.8) is 0 Å². The van der Waals surface area contributed by atoms with Crippen LogP contribution in [0.15, 0.2) is 24.3 Å². The van der Waals surface area contributed by atoms with Gasteiger partial charge in [0.05, 0.1) is 14.2 Å². The Balaban J connectivity index is 3.14. The minimum atomic E-state index is -0.455. The van der Waals surface area contributed by atoms with Crippen molar-refractivity contribution in [1.82, 2.24) is 0 Å². The maximum atomic E-state index is 6.05. The summed E-state index contributed by atoms with van der Waals surface area (Å²) in [5, 5.41) is 1.35. The van der Waals surface area contributed by atoms with Gasteiger partial charge in [-0.05, 0) is 63.5 Å². The molecule has 0 atom stereocenters. The molecule has 0 aliphatic heterocycles. The molecule has 2 nitrogen and oxygen atoms in total. The lowest BCUT2D eigenvalue weighted by atomic mass is 9.81. The largest absolute Gasteiger partial charge is 0.496 e. The minimum Gasteiger partial charge on any atom is -0.496 e. The molecule has 0 spiro atoms. The van der Waals surface area contributed by atoms with Crippen LogP contribution in [0.2, 0.25) is 0 Å². The van der Waals surface area contributed by atoms with Crippen LogP contribution < -0.4 is 14.8 Å². The van der Waals surface area contributed by atoms with E-state index in [2.05, 4.69) is 93.5 Å². The van der Waals surface area contributed by atoms with Gasteiger partial charge in [0.25, 0.3) is 0 Å². The van der Waals surface area contributed by atoms with Crippen molar-refractivity contribution in [2.45, 2.75) is 98.3 Å². The number of rotatable bonds is 9. The normalized spacial score (nSPS) is 12.2. The van der Waals surface area contributed by atoms with E-state index in [9.17, 15) is 0 Å². The smallest absolute Gasteiger partial charge is 0.127 e. The fraction of sp³-hybridized carbons (Fsp3) is 0.586. The highest BCUT2D eigenvalue weighted by molar-refractivity contribution is 7.67. The van der Waals surface area contributed by atoms with Crippen LogP contribution in [0.4, 0.5) is 0 Å². The highest BCUT2D eigenvalue weighted by Gasteiger charge is 2.31. The predicted molar refractivity (Wildman–Crippen MR) is 144 cm³/mol. The summed E-state index contributed by atoms with van der Waals surface area (Å²) < 4.78 is 12.1. The highest BCUT2D eigenvalue weighted by Crippen LogP contribution is 2.53. The van der Waals surface area contributed by atoms with Gasteiger partial charge in [-0.2, -0.15) is 0 Å². The van der Waals surface area contributed by atoms with Crippen LogP contribution in [0.25, 0.3) is 11.1 Å². The molecule has 3 heteroatoms. The molecule has 0 saturated carbocycles. The molecule has 0 aromatic heterocycles. The summed E-state index contributed by atoms with van der Waals surface area (Å²) in [6.07, 6.45) is 0. The average molecular weight is 457 g/mol. The first-order valence-electron chi connectivity index (χ1n) is 12.2. The monoisotopic (exact) mass is 456 g/mol. The van der Waals surface area contributed by atoms with E-state index >= 15 is 0 Å². The Morgan fingerprint density at radius 3 is 1.38 bits per heavy atom. The van der Waals surface area contributed by atoms with Crippen LogP contribution in [0.1, 0.15) is 104 Å². The second-order valence-corrected chi connectivity index (χ2v) is 13.7. The highest BCUT2D eigenvalue weighted by atomic mass is 31.1. The standard InChI is InChI=1S/C29H45O2P/c1-17(2)22-15-23(18(3)4)27(24(16-22)19(5)6)28-25(30-11)13-14-26(31-12)29(28)32(20(7)8)21(9)10/h13-21H,1-12H3. The van der Waals surface area contributed by atoms with Gasteiger partial charge in [-0.1, -0.05) is 89.3 Å². The lowest BCUT2D eigenvalue weighted by Gasteiger charge is -2.33. The van der Waals surface area contributed by atoms with Gasteiger partial charge in [0.15, 0.2) is 0 Å². The van der Waals surface area contributed by atoms with E-state index in [4.69, 9.17) is 9.47 Å². The van der Waals surface area contributed by atoms with Crippen molar-refractivity contribution in [3.8, 4) is 22.6 Å². The summed E-state index contributed by atoms with van der Waals surface area (Å²) in [6, 6.07) is 9.07. The first-order valence-corrected chi connectivity index (χ1v) is 13.6. The zero-order valence-electron chi connectivity index (χ0n) is 22.5. The van der Waals surface area contributed by atoms with Gasteiger partial charge in [-0.3, -0.25) is 0 Å². The molecule has 0 aliphatic carbocycles. The number of hydrogen-bond donors (Lipinski definition) is 0. The molecule has 178 valence electrons. The van der Waals surface area contributed by atoms with Crippen LogP contribution >= 0.6 is 7.92 Å². The third-order valence-corrected chi connectivity index (χ3v) is 9.48. The van der Waals surface area contributed by atoms with Gasteiger partial charge in [-0.15, -0.1) is 0 Å². The minimum absolute atomic E-state index is 0.411. The van der Waals surface area contributed by atoms with Crippen LogP contribution in [0.5, 0.6) is 11.5 Å². The summed E-state index contributed by atoms with van der Waals surface area (Å²) in [5.41, 5.74) is 7.95. The SMILES string of the molecule is COc1ccc(OC)c(P(C(C)C)C(C)C)c1-c1c(C(C)C)cc(C(C)C)cc1C(C)C. The average Bonchev–Trinajstić information content (AvgIpc) is 2.71. The van der Waals surface area contributed by atoms with E-state index < -0.39 is 7.92 Å². The lowest BCUT2D eigenvalue weighted by molar-refractivity contribution is 0.407. The van der Waals surface area contributed by atoms with Gasteiger partial charge < -0.3 is 9.47 Å². The molecule has 0 amide bonds. The molecule has 0 fully saturated rings. The zero-order valence-corrected chi connectivity index (χ0v) is 23.4. The number of methoxy groups -OCH3 is 2. The Hall–Kier alpha value is -1.53. The van der Waals surface area contributed by atoms with Crippen LogP contribution in [0, 0.1) is 0 Å². The number of hydrogen-bond acceptors (Lipinski definition) is 2. The van der Waals surface area contributed by atoms with Crippen LogP contribution in [0.3, 0.4) is 0 Å². The fourth-order valence-electron chi connectivity index (χ4n) is 4.74. The van der Waals surface area contributed by atoms with E-state index in [0.717, 1.165) is 11.5 Å². The molecule has 0 saturated heterocycles. The lowest BCUT2D eigenvalue weighted by Crippen LogP contribution is -2.21. The van der Waals surface area contributed by atoms with Gasteiger partial charge >= 0.3 is 0 Å². The van der Waals surface area contributed by atoms with Crippen molar-refractivity contribution in [2.24, 2.45) is 0 Å². The molecular formula is C29H45O2P. The predicted octanol–water partition coefficient (Wildman–Crippen LogP) is 8.67. The van der Waals surface area contributed by atoms with Crippen molar-refractivity contribution < 1.29 is 9.47 Å². The molecule has 0 N–H and O–H groups in total. The molecule has 32 heavy (non-hydrogen) atoms. The van der Waals surface area contributed by atoms with Gasteiger partial charge in [-0.25, -0.2) is 0 Å². The first-order chi connectivity index (χ1) is 15.0. The molecular weight excluding hydrogens is 411 g/mol. The zero-order chi connectivity index (χ0) is 24.3. The number of ether oxygens (including phenoxy) is 2. The molecule has 2 rings (SSSR count). The molecule has 2 aromatic carbocycles. The summed E-state index contributed by atoms with van der Waals surface area (Å²) in [6.45, 7) is 23.2. The molecule has 0 heterocycles. The van der Waals surface area contributed by atoms with Crippen molar-refractivity contribution >= 4 is 13.2 Å². The first kappa shape index (κ1) is 26.7. The van der Waals surface area contributed by atoms with E-state index in [-0.39, 0.29) is 0 Å². The Morgan fingerprint density at radius 2 is 1.03 bits per heavy atom. The Bertz CT molecular complexity index is 873. The fourth-order valence-corrected chi connectivity index (χ4v) is 7.87. The Kier molecular flexibility index (Phi) is 9.24. The van der Waals surface area contributed by atoms with Gasteiger partial charge in [0.1, 0.15) is 11.5 Å². The molecule has 2 aromatic rings. The number of benzene rings is 2. The molecule has 0 unspecified atom stereocenters. The van der Waals surface area contributed by atoms with Gasteiger partial charge in [0.2, 0.25) is 0 Å². The summed E-state index contributed by atoms with van der Waals surface area (Å²) in [4.78, 5) is 0. The van der Waals surface area contributed by atoms with Crippen molar-refractivity contribution in [2.75, 3.05) is 14.2 Å². The van der Waals surface area contributed by atoms with Crippen LogP contribution in [-0.2, 0) is 0 Å². The third-order valence-electron chi connectivity index (χ3n) is 6.30. The maximum absolute atomic E-state index is 6.05.